The monoisotopic (exact) mass is 310 g/mol. The molecule has 0 atom stereocenters. The van der Waals surface area contributed by atoms with E-state index < -0.39 is 24.9 Å². The first kappa shape index (κ1) is 17.0. The molecule has 0 heterocycles. The Labute approximate surface area is 118 Å². The van der Waals surface area contributed by atoms with Gasteiger partial charge in [0, 0.05) is 12.5 Å². The van der Waals surface area contributed by atoms with Gasteiger partial charge in [-0.15, -0.1) is 0 Å². The van der Waals surface area contributed by atoms with Gasteiger partial charge in [-0.2, -0.15) is 17.6 Å². The number of hydrogen-bond acceptors (Lipinski definition) is 4. The molecule has 0 aliphatic rings. The zero-order chi connectivity index (χ0) is 15.8. The number of alkyl halides is 4. The van der Waals surface area contributed by atoms with E-state index in [0.29, 0.717) is 13.0 Å². The number of hydrogen-bond donors (Lipinski definition) is 2. The van der Waals surface area contributed by atoms with Crippen molar-refractivity contribution in [2.75, 3.05) is 11.9 Å². The first-order valence-corrected chi connectivity index (χ1v) is 5.96. The van der Waals surface area contributed by atoms with Crippen molar-refractivity contribution in [2.45, 2.75) is 26.1 Å². The third-order valence-corrected chi connectivity index (χ3v) is 2.28. The van der Waals surface area contributed by atoms with Crippen molar-refractivity contribution in [3.63, 3.8) is 0 Å². The molecule has 1 aromatic rings. The number of rotatable bonds is 8. The molecule has 5 nitrogen and oxygen atoms in total. The van der Waals surface area contributed by atoms with Gasteiger partial charge >= 0.3 is 13.2 Å². The first-order valence-electron chi connectivity index (χ1n) is 5.96. The third-order valence-electron chi connectivity index (χ3n) is 2.28. The molecule has 21 heavy (non-hydrogen) atoms. The predicted octanol–water partition coefficient (Wildman–Crippen LogP) is 2.57. The number of nitrogens with one attached hydrogen (secondary N) is 1. The van der Waals surface area contributed by atoms with E-state index in [9.17, 15) is 22.4 Å². The average Bonchev–Trinajstić information content (AvgIpc) is 2.38. The van der Waals surface area contributed by atoms with E-state index >= 15 is 0 Å². The second kappa shape index (κ2) is 8.30. The minimum atomic E-state index is -3.17. The van der Waals surface area contributed by atoms with Gasteiger partial charge in [0.1, 0.15) is 5.75 Å². The van der Waals surface area contributed by atoms with E-state index in [-0.39, 0.29) is 17.9 Å². The maximum absolute atomic E-state index is 12.3. The summed E-state index contributed by atoms with van der Waals surface area (Å²) in [6.07, 6.45) is 0.517. The van der Waals surface area contributed by atoms with Crippen LogP contribution in [0.1, 0.15) is 12.8 Å². The summed E-state index contributed by atoms with van der Waals surface area (Å²) in [5.41, 5.74) is 5.17. The number of carbonyl (C=O) groups is 1. The van der Waals surface area contributed by atoms with E-state index in [1.807, 2.05) is 0 Å². The number of halogens is 4. The van der Waals surface area contributed by atoms with Crippen LogP contribution in [0.3, 0.4) is 0 Å². The zero-order valence-corrected chi connectivity index (χ0v) is 10.8. The molecule has 0 saturated carbocycles. The topological polar surface area (TPSA) is 73.6 Å². The maximum atomic E-state index is 12.3. The number of anilines is 1. The van der Waals surface area contributed by atoms with Crippen molar-refractivity contribution in [1.82, 2.24) is 0 Å². The Balaban J connectivity index is 2.87. The van der Waals surface area contributed by atoms with Gasteiger partial charge in [-0.1, -0.05) is 0 Å². The molecule has 1 aromatic carbocycles. The Morgan fingerprint density at radius 3 is 2.43 bits per heavy atom. The maximum Gasteiger partial charge on any atom is 0.387 e. The van der Waals surface area contributed by atoms with Crippen LogP contribution in [0, 0.1) is 0 Å². The molecular formula is C12H14F4N2O3. The van der Waals surface area contributed by atoms with Crippen LogP contribution in [-0.2, 0) is 4.79 Å². The molecule has 0 aromatic heterocycles. The highest BCUT2D eigenvalue weighted by Crippen LogP contribution is 2.31. The fourth-order valence-corrected chi connectivity index (χ4v) is 1.45. The quantitative estimate of drug-likeness (QED) is 0.724. The van der Waals surface area contributed by atoms with Gasteiger partial charge < -0.3 is 20.5 Å². The van der Waals surface area contributed by atoms with Gasteiger partial charge in [0.05, 0.1) is 5.69 Å². The van der Waals surface area contributed by atoms with Crippen LogP contribution in [0.25, 0.3) is 0 Å². The molecule has 1 rings (SSSR count). The Hall–Kier alpha value is -2.03. The lowest BCUT2D eigenvalue weighted by atomic mass is 10.2. The molecule has 9 heteroatoms. The molecule has 1 amide bonds. The van der Waals surface area contributed by atoms with Crippen molar-refractivity contribution in [2.24, 2.45) is 5.73 Å². The van der Waals surface area contributed by atoms with E-state index in [1.54, 1.807) is 0 Å². The highest BCUT2D eigenvalue weighted by Gasteiger charge is 2.15. The van der Waals surface area contributed by atoms with Gasteiger partial charge in [0.25, 0.3) is 0 Å². The van der Waals surface area contributed by atoms with Crippen LogP contribution in [0.5, 0.6) is 11.5 Å². The molecule has 0 saturated heterocycles. The summed E-state index contributed by atoms with van der Waals surface area (Å²) in [5.74, 6) is -1.29. The molecule has 0 bridgehead atoms. The molecule has 0 aliphatic heterocycles. The fourth-order valence-electron chi connectivity index (χ4n) is 1.45. The van der Waals surface area contributed by atoms with Crippen molar-refractivity contribution >= 4 is 11.6 Å². The van der Waals surface area contributed by atoms with Gasteiger partial charge in [-0.05, 0) is 25.1 Å². The van der Waals surface area contributed by atoms with Crippen molar-refractivity contribution in [1.29, 1.82) is 0 Å². The lowest BCUT2D eigenvalue weighted by molar-refractivity contribution is -0.116. The first-order chi connectivity index (χ1) is 9.92. The average molecular weight is 310 g/mol. The van der Waals surface area contributed by atoms with Gasteiger partial charge in [0.2, 0.25) is 5.91 Å². The lowest BCUT2D eigenvalue weighted by Gasteiger charge is -2.13. The van der Waals surface area contributed by atoms with Crippen LogP contribution in [0.2, 0.25) is 0 Å². The highest BCUT2D eigenvalue weighted by atomic mass is 19.3. The molecular weight excluding hydrogens is 296 g/mol. The summed E-state index contributed by atoms with van der Waals surface area (Å²) in [6, 6.07) is 3.08. The largest absolute Gasteiger partial charge is 0.435 e. The van der Waals surface area contributed by atoms with Crippen LogP contribution in [0.4, 0.5) is 23.2 Å². The summed E-state index contributed by atoms with van der Waals surface area (Å²) in [6.45, 7) is -5.98. The summed E-state index contributed by atoms with van der Waals surface area (Å²) in [5, 5.41) is 2.34. The number of ether oxygens (including phenoxy) is 2. The highest BCUT2D eigenvalue weighted by molar-refractivity contribution is 5.92. The molecule has 0 radical (unpaired) electrons. The van der Waals surface area contributed by atoms with E-state index in [2.05, 4.69) is 14.8 Å². The number of carbonyl (C=O) groups excluding carboxylic acids is 1. The van der Waals surface area contributed by atoms with E-state index in [4.69, 9.17) is 5.73 Å². The number of nitrogens with two attached hydrogens (primary N) is 1. The predicted molar refractivity (Wildman–Crippen MR) is 66.6 cm³/mol. The minimum Gasteiger partial charge on any atom is -0.435 e. The second-order valence-electron chi connectivity index (χ2n) is 3.86. The fraction of sp³-hybridized carbons (Fsp3) is 0.417. The van der Waals surface area contributed by atoms with Crippen molar-refractivity contribution in [3.8, 4) is 11.5 Å². The molecule has 0 fully saturated rings. The Bertz CT molecular complexity index is 472. The Morgan fingerprint density at radius 1 is 1.19 bits per heavy atom. The summed E-state index contributed by atoms with van der Waals surface area (Å²) < 4.78 is 57.0. The summed E-state index contributed by atoms with van der Waals surface area (Å²) in [4.78, 5) is 11.5. The smallest absolute Gasteiger partial charge is 0.387 e. The molecule has 118 valence electrons. The molecule has 0 aliphatic carbocycles. The van der Waals surface area contributed by atoms with Crippen LogP contribution >= 0.6 is 0 Å². The molecule has 0 spiro atoms. The van der Waals surface area contributed by atoms with Crippen molar-refractivity contribution < 1.29 is 31.8 Å². The van der Waals surface area contributed by atoms with Crippen LogP contribution < -0.4 is 20.5 Å². The summed E-state index contributed by atoms with van der Waals surface area (Å²) in [7, 11) is 0. The Kier molecular flexibility index (Phi) is 6.73. The van der Waals surface area contributed by atoms with E-state index in [0.717, 1.165) is 18.2 Å². The summed E-state index contributed by atoms with van der Waals surface area (Å²) >= 11 is 0. The number of amides is 1. The number of benzene rings is 1. The van der Waals surface area contributed by atoms with Gasteiger partial charge in [-0.3, -0.25) is 4.79 Å². The van der Waals surface area contributed by atoms with Gasteiger partial charge in [-0.25, -0.2) is 0 Å². The van der Waals surface area contributed by atoms with E-state index in [1.165, 1.54) is 0 Å². The van der Waals surface area contributed by atoms with Crippen LogP contribution in [0.15, 0.2) is 18.2 Å². The third kappa shape index (κ3) is 6.30. The second-order valence-corrected chi connectivity index (χ2v) is 3.86. The molecule has 0 unspecified atom stereocenters. The van der Waals surface area contributed by atoms with Crippen molar-refractivity contribution in [3.05, 3.63) is 18.2 Å². The molecule has 3 N–H and O–H groups in total. The standard InChI is InChI=1S/C12H14F4N2O3/c13-11(14)20-7-3-4-8(9(6-7)21-12(15)16)18-10(19)2-1-5-17/h3-4,6,11-12H,1-2,5,17H2,(H,18,19). The normalized spacial score (nSPS) is 10.8. The minimum absolute atomic E-state index is 0.0704. The Morgan fingerprint density at radius 2 is 1.86 bits per heavy atom. The lowest BCUT2D eigenvalue weighted by Crippen LogP contribution is -2.15. The zero-order valence-electron chi connectivity index (χ0n) is 10.8. The van der Waals surface area contributed by atoms with Crippen LogP contribution in [-0.4, -0.2) is 25.7 Å². The SMILES string of the molecule is NCCCC(=O)Nc1ccc(OC(F)F)cc1OC(F)F. The van der Waals surface area contributed by atoms with Gasteiger partial charge in [0.15, 0.2) is 5.75 Å².